The van der Waals surface area contributed by atoms with Gasteiger partial charge in [0.2, 0.25) is 0 Å². The van der Waals surface area contributed by atoms with Crippen molar-refractivity contribution in [3.63, 3.8) is 0 Å². The van der Waals surface area contributed by atoms with Gasteiger partial charge in [0.1, 0.15) is 10.7 Å². The molecule has 4 nitrogen and oxygen atoms in total. The first-order valence-corrected chi connectivity index (χ1v) is 6.15. The minimum atomic E-state index is 0.351. The van der Waals surface area contributed by atoms with Gasteiger partial charge < -0.3 is 15.4 Å². The molecular formula is C12H17N3OS. The second-order valence-corrected chi connectivity index (χ2v) is 4.59. The fraction of sp³-hybridized carbons (Fsp3) is 0.500. The van der Waals surface area contributed by atoms with Crippen molar-refractivity contribution in [2.75, 3.05) is 25.2 Å². The maximum absolute atomic E-state index is 5.71. The lowest BCUT2D eigenvalue weighted by molar-refractivity contribution is 0.205. The van der Waals surface area contributed by atoms with E-state index in [0.29, 0.717) is 23.3 Å². The number of ether oxygens (including phenoxy) is 1. The summed E-state index contributed by atoms with van der Waals surface area (Å²) in [5.41, 5.74) is 7.45. The van der Waals surface area contributed by atoms with Gasteiger partial charge in [-0.25, -0.2) is 0 Å². The van der Waals surface area contributed by atoms with E-state index in [1.165, 1.54) is 12.8 Å². The first kappa shape index (κ1) is 12.3. The predicted octanol–water partition coefficient (Wildman–Crippen LogP) is 1.33. The predicted molar refractivity (Wildman–Crippen MR) is 72.4 cm³/mol. The second kappa shape index (κ2) is 5.42. The summed E-state index contributed by atoms with van der Waals surface area (Å²) in [6.07, 6.45) is 4.16. The number of nitrogens with zero attached hydrogens (tertiary/aromatic N) is 2. The minimum absolute atomic E-state index is 0.351. The molecule has 0 atom stereocenters. The van der Waals surface area contributed by atoms with Crippen LogP contribution in [0.3, 0.4) is 0 Å². The van der Waals surface area contributed by atoms with E-state index in [1.807, 2.05) is 12.1 Å². The van der Waals surface area contributed by atoms with E-state index >= 15 is 0 Å². The molecule has 0 spiro atoms. The van der Waals surface area contributed by atoms with Crippen molar-refractivity contribution < 1.29 is 4.74 Å². The van der Waals surface area contributed by atoms with Crippen LogP contribution >= 0.6 is 12.2 Å². The van der Waals surface area contributed by atoms with Crippen LogP contribution in [0.25, 0.3) is 0 Å². The molecule has 92 valence electrons. The van der Waals surface area contributed by atoms with Crippen LogP contribution in [0.1, 0.15) is 18.5 Å². The molecule has 2 rings (SSSR count). The third kappa shape index (κ3) is 2.92. The standard InChI is InChI=1S/C12H17N3OS/c1-16-8-7-15(9-4-5-9)10-3-2-6-14-11(10)12(13)17/h2-3,6,9H,4-5,7-8H2,1H3,(H2,13,17). The van der Waals surface area contributed by atoms with Crippen molar-refractivity contribution in [1.29, 1.82) is 0 Å². The molecule has 1 fully saturated rings. The molecule has 2 N–H and O–H groups in total. The van der Waals surface area contributed by atoms with Crippen LogP contribution in [-0.2, 0) is 4.74 Å². The number of anilines is 1. The van der Waals surface area contributed by atoms with Crippen LogP contribution in [-0.4, -0.2) is 36.3 Å². The van der Waals surface area contributed by atoms with E-state index in [-0.39, 0.29) is 0 Å². The quantitative estimate of drug-likeness (QED) is 0.773. The van der Waals surface area contributed by atoms with Gasteiger partial charge in [-0.3, -0.25) is 4.98 Å². The molecule has 1 aromatic rings. The Labute approximate surface area is 107 Å². The number of nitrogens with two attached hydrogens (primary N) is 1. The topological polar surface area (TPSA) is 51.4 Å². The summed E-state index contributed by atoms with van der Waals surface area (Å²) in [7, 11) is 1.71. The summed E-state index contributed by atoms with van der Waals surface area (Å²) in [5.74, 6) is 0. The van der Waals surface area contributed by atoms with Gasteiger partial charge in [-0.1, -0.05) is 12.2 Å². The van der Waals surface area contributed by atoms with Crippen LogP contribution < -0.4 is 10.6 Å². The van der Waals surface area contributed by atoms with Crippen LogP contribution in [0.4, 0.5) is 5.69 Å². The molecule has 17 heavy (non-hydrogen) atoms. The fourth-order valence-electron chi connectivity index (χ4n) is 1.89. The molecule has 0 saturated heterocycles. The molecular weight excluding hydrogens is 234 g/mol. The average Bonchev–Trinajstić information content (AvgIpc) is 3.14. The van der Waals surface area contributed by atoms with E-state index in [0.717, 1.165) is 12.2 Å². The van der Waals surface area contributed by atoms with Crippen molar-refractivity contribution in [3.05, 3.63) is 24.0 Å². The van der Waals surface area contributed by atoms with Crippen molar-refractivity contribution in [2.24, 2.45) is 5.73 Å². The van der Waals surface area contributed by atoms with Crippen LogP contribution in [0.2, 0.25) is 0 Å². The molecule has 0 amide bonds. The van der Waals surface area contributed by atoms with Crippen LogP contribution in [0.5, 0.6) is 0 Å². The smallest absolute Gasteiger partial charge is 0.124 e. The molecule has 0 radical (unpaired) electrons. The molecule has 5 heteroatoms. The first-order chi connectivity index (χ1) is 8.24. The Balaban J connectivity index is 2.25. The number of thiocarbonyl (C=S) groups is 1. The number of hydrogen-bond acceptors (Lipinski definition) is 4. The molecule has 1 heterocycles. The van der Waals surface area contributed by atoms with Gasteiger partial charge in [-0.15, -0.1) is 0 Å². The average molecular weight is 251 g/mol. The number of hydrogen-bond donors (Lipinski definition) is 1. The third-order valence-electron chi connectivity index (χ3n) is 2.85. The monoisotopic (exact) mass is 251 g/mol. The van der Waals surface area contributed by atoms with Gasteiger partial charge in [0, 0.05) is 25.9 Å². The highest BCUT2D eigenvalue weighted by Crippen LogP contribution is 2.32. The van der Waals surface area contributed by atoms with Gasteiger partial charge in [-0.05, 0) is 25.0 Å². The summed E-state index contributed by atoms with van der Waals surface area (Å²) in [6.45, 7) is 1.55. The van der Waals surface area contributed by atoms with E-state index < -0.39 is 0 Å². The van der Waals surface area contributed by atoms with Gasteiger partial charge in [0.05, 0.1) is 12.3 Å². The Hall–Kier alpha value is -1.20. The van der Waals surface area contributed by atoms with Gasteiger partial charge >= 0.3 is 0 Å². The molecule has 1 saturated carbocycles. The lowest BCUT2D eigenvalue weighted by Crippen LogP contribution is -2.32. The van der Waals surface area contributed by atoms with Crippen molar-refractivity contribution in [1.82, 2.24) is 4.98 Å². The SMILES string of the molecule is COCCN(c1cccnc1C(N)=S)C1CC1. The zero-order valence-corrected chi connectivity index (χ0v) is 10.7. The maximum Gasteiger partial charge on any atom is 0.124 e. The van der Waals surface area contributed by atoms with E-state index in [4.69, 9.17) is 22.7 Å². The zero-order valence-electron chi connectivity index (χ0n) is 9.93. The number of methoxy groups -OCH3 is 1. The highest BCUT2D eigenvalue weighted by Gasteiger charge is 2.30. The molecule has 0 unspecified atom stereocenters. The van der Waals surface area contributed by atoms with Crippen molar-refractivity contribution >= 4 is 22.9 Å². The summed E-state index contributed by atoms with van der Waals surface area (Å²) in [6, 6.07) is 4.52. The Morgan fingerprint density at radius 1 is 1.65 bits per heavy atom. The minimum Gasteiger partial charge on any atom is -0.388 e. The summed E-state index contributed by atoms with van der Waals surface area (Å²) in [5, 5.41) is 0. The molecule has 1 aromatic heterocycles. The van der Waals surface area contributed by atoms with Crippen LogP contribution in [0.15, 0.2) is 18.3 Å². The van der Waals surface area contributed by atoms with Crippen molar-refractivity contribution in [3.8, 4) is 0 Å². The number of aromatic nitrogens is 1. The van der Waals surface area contributed by atoms with E-state index in [1.54, 1.807) is 13.3 Å². The van der Waals surface area contributed by atoms with Gasteiger partial charge in [0.15, 0.2) is 0 Å². The summed E-state index contributed by atoms with van der Waals surface area (Å²) < 4.78 is 5.15. The summed E-state index contributed by atoms with van der Waals surface area (Å²) in [4.78, 5) is 6.92. The highest BCUT2D eigenvalue weighted by atomic mass is 32.1. The van der Waals surface area contributed by atoms with E-state index in [9.17, 15) is 0 Å². The van der Waals surface area contributed by atoms with Crippen LogP contribution in [0, 0.1) is 0 Å². The number of pyridine rings is 1. The molecule has 0 bridgehead atoms. The summed E-state index contributed by atoms with van der Waals surface area (Å²) >= 11 is 5.05. The third-order valence-corrected chi connectivity index (χ3v) is 3.05. The Kier molecular flexibility index (Phi) is 3.91. The Bertz CT molecular complexity index is 406. The molecule has 1 aliphatic rings. The van der Waals surface area contributed by atoms with Crippen molar-refractivity contribution in [2.45, 2.75) is 18.9 Å². The first-order valence-electron chi connectivity index (χ1n) is 5.74. The highest BCUT2D eigenvalue weighted by molar-refractivity contribution is 7.80. The molecule has 1 aliphatic carbocycles. The van der Waals surface area contributed by atoms with Gasteiger partial charge in [-0.2, -0.15) is 0 Å². The van der Waals surface area contributed by atoms with Gasteiger partial charge in [0.25, 0.3) is 0 Å². The zero-order chi connectivity index (χ0) is 12.3. The lowest BCUT2D eigenvalue weighted by Gasteiger charge is -2.25. The Morgan fingerprint density at radius 3 is 3.00 bits per heavy atom. The Morgan fingerprint density at radius 2 is 2.41 bits per heavy atom. The molecule has 0 aromatic carbocycles. The van der Waals surface area contributed by atoms with E-state index in [2.05, 4.69) is 9.88 Å². The number of rotatable bonds is 6. The second-order valence-electron chi connectivity index (χ2n) is 4.15. The largest absolute Gasteiger partial charge is 0.388 e. The lowest BCUT2D eigenvalue weighted by atomic mass is 10.2. The fourth-order valence-corrected chi connectivity index (χ4v) is 2.05. The maximum atomic E-state index is 5.71. The normalized spacial score (nSPS) is 14.6. The molecule has 0 aliphatic heterocycles.